The Bertz CT molecular complexity index is 488. The summed E-state index contributed by atoms with van der Waals surface area (Å²) in [5.41, 5.74) is 0.677. The fraction of sp³-hybridized carbons (Fsp3) is 0.571. The molecule has 0 saturated heterocycles. The second kappa shape index (κ2) is 7.75. The van der Waals surface area contributed by atoms with Gasteiger partial charge in [-0.25, -0.2) is 8.42 Å². The van der Waals surface area contributed by atoms with Crippen molar-refractivity contribution in [3.63, 3.8) is 0 Å². The van der Waals surface area contributed by atoms with Crippen LogP contribution >= 0.6 is 11.6 Å². The van der Waals surface area contributed by atoms with Crippen LogP contribution in [-0.4, -0.2) is 26.1 Å². The molecule has 0 aliphatic rings. The number of anilines is 1. The Morgan fingerprint density at radius 2 is 1.95 bits per heavy atom. The third-order valence-electron chi connectivity index (χ3n) is 2.91. The van der Waals surface area contributed by atoms with E-state index in [1.807, 2.05) is 19.9 Å². The van der Waals surface area contributed by atoms with Gasteiger partial charge in [-0.2, -0.15) is 0 Å². The van der Waals surface area contributed by atoms with Gasteiger partial charge in [0.2, 0.25) is 0 Å². The molecular weight excluding hydrogens is 282 g/mol. The number of benzene rings is 1. The van der Waals surface area contributed by atoms with Crippen LogP contribution in [0.25, 0.3) is 0 Å². The molecule has 0 aliphatic carbocycles. The molecule has 0 saturated carbocycles. The fourth-order valence-corrected chi connectivity index (χ4v) is 3.46. The van der Waals surface area contributed by atoms with E-state index >= 15 is 0 Å². The van der Waals surface area contributed by atoms with Crippen LogP contribution in [0.3, 0.4) is 0 Å². The van der Waals surface area contributed by atoms with Gasteiger partial charge in [-0.15, -0.1) is 11.6 Å². The lowest BCUT2D eigenvalue weighted by Crippen LogP contribution is -2.13. The molecular formula is C14H22ClNO2S. The smallest absolute Gasteiger partial charge is 0.180 e. The number of hydrogen-bond acceptors (Lipinski definition) is 3. The zero-order chi connectivity index (χ0) is 14.3. The summed E-state index contributed by atoms with van der Waals surface area (Å²) in [5, 5.41) is 3.31. The van der Waals surface area contributed by atoms with Gasteiger partial charge in [0.05, 0.1) is 16.3 Å². The van der Waals surface area contributed by atoms with Crippen LogP contribution < -0.4 is 5.32 Å². The lowest BCUT2D eigenvalue weighted by Gasteiger charge is -2.13. The second-order valence-electron chi connectivity index (χ2n) is 4.54. The van der Waals surface area contributed by atoms with Crippen LogP contribution in [0.15, 0.2) is 29.2 Å². The van der Waals surface area contributed by atoms with E-state index in [-0.39, 0.29) is 11.1 Å². The second-order valence-corrected chi connectivity index (χ2v) is 7.23. The third-order valence-corrected chi connectivity index (χ3v) is 5.41. The van der Waals surface area contributed by atoms with Gasteiger partial charge in [-0.3, -0.25) is 0 Å². The van der Waals surface area contributed by atoms with Crippen molar-refractivity contribution in [3.8, 4) is 0 Å². The summed E-state index contributed by atoms with van der Waals surface area (Å²) in [5.74, 6) is 0.179. The van der Waals surface area contributed by atoms with Crippen molar-refractivity contribution in [1.29, 1.82) is 0 Å². The molecule has 1 rings (SSSR count). The van der Waals surface area contributed by atoms with E-state index in [9.17, 15) is 8.42 Å². The van der Waals surface area contributed by atoms with E-state index < -0.39 is 9.84 Å². The van der Waals surface area contributed by atoms with Gasteiger partial charge in [-0.05, 0) is 31.4 Å². The highest BCUT2D eigenvalue weighted by atomic mass is 35.5. The molecule has 0 amide bonds. The Morgan fingerprint density at radius 1 is 1.26 bits per heavy atom. The molecule has 0 spiro atoms. The van der Waals surface area contributed by atoms with Gasteiger partial charge in [0, 0.05) is 11.9 Å². The van der Waals surface area contributed by atoms with Crippen molar-refractivity contribution in [3.05, 3.63) is 24.3 Å². The number of nitrogens with one attached hydrogen (secondary N) is 1. The number of alkyl halides is 1. The number of halogens is 1. The topological polar surface area (TPSA) is 46.2 Å². The summed E-state index contributed by atoms with van der Waals surface area (Å²) in [6.07, 6.45) is 2.36. The molecule has 0 aliphatic heterocycles. The Kier molecular flexibility index (Phi) is 6.66. The van der Waals surface area contributed by atoms with Crippen molar-refractivity contribution < 1.29 is 8.42 Å². The lowest BCUT2D eigenvalue weighted by atomic mass is 10.2. The van der Waals surface area contributed by atoms with E-state index in [1.54, 1.807) is 18.2 Å². The number of hydrogen-bond donors (Lipinski definition) is 1. The summed E-state index contributed by atoms with van der Waals surface area (Å²) in [7, 11) is -3.19. The molecule has 5 heteroatoms. The molecule has 3 nitrogen and oxygen atoms in total. The van der Waals surface area contributed by atoms with Crippen molar-refractivity contribution in [2.45, 2.75) is 43.4 Å². The average molecular weight is 304 g/mol. The molecule has 1 atom stereocenters. The van der Waals surface area contributed by atoms with E-state index in [4.69, 9.17) is 11.6 Å². The highest BCUT2D eigenvalue weighted by Crippen LogP contribution is 2.22. The van der Waals surface area contributed by atoms with Crippen molar-refractivity contribution in [2.75, 3.05) is 17.6 Å². The summed E-state index contributed by atoms with van der Waals surface area (Å²) in [4.78, 5) is 0.388. The molecule has 0 aromatic heterocycles. The summed E-state index contributed by atoms with van der Waals surface area (Å²) < 4.78 is 24.3. The van der Waals surface area contributed by atoms with Gasteiger partial charge in [-0.1, -0.05) is 26.0 Å². The first-order chi connectivity index (χ1) is 9.01. The molecule has 108 valence electrons. The zero-order valence-electron chi connectivity index (χ0n) is 11.5. The zero-order valence-corrected chi connectivity index (χ0v) is 13.1. The Hall–Kier alpha value is -0.740. The predicted octanol–water partition coefficient (Wildman–Crippen LogP) is 3.69. The molecule has 1 aromatic carbocycles. The minimum atomic E-state index is -3.19. The van der Waals surface area contributed by atoms with Gasteiger partial charge in [0.1, 0.15) is 0 Å². The normalized spacial score (nSPS) is 13.2. The van der Waals surface area contributed by atoms with Gasteiger partial charge >= 0.3 is 0 Å². The van der Waals surface area contributed by atoms with Crippen molar-refractivity contribution >= 4 is 27.1 Å². The maximum Gasteiger partial charge on any atom is 0.180 e. The molecule has 1 aromatic rings. The summed E-state index contributed by atoms with van der Waals surface area (Å²) in [6, 6.07) is 7.05. The number of rotatable bonds is 8. The van der Waals surface area contributed by atoms with E-state index in [2.05, 4.69) is 5.32 Å². The monoisotopic (exact) mass is 303 g/mol. The number of para-hydroxylation sites is 1. The first kappa shape index (κ1) is 16.3. The standard InChI is InChI=1S/C14H22ClNO2S/c1-3-11-19(17,18)14-8-6-5-7-13(14)16-10-9-12(15)4-2/h5-8,12,16H,3-4,9-11H2,1-2H3. The summed E-state index contributed by atoms with van der Waals surface area (Å²) in [6.45, 7) is 4.59. The average Bonchev–Trinajstić information content (AvgIpc) is 2.39. The SMILES string of the molecule is CCCS(=O)(=O)c1ccccc1NCCC(Cl)CC. The van der Waals surface area contributed by atoms with Gasteiger partial charge in [0.15, 0.2) is 9.84 Å². The van der Waals surface area contributed by atoms with Crippen LogP contribution in [-0.2, 0) is 9.84 Å². The van der Waals surface area contributed by atoms with E-state index in [1.165, 1.54) is 0 Å². The van der Waals surface area contributed by atoms with Crippen LogP contribution in [0.1, 0.15) is 33.1 Å². The molecule has 0 bridgehead atoms. The Labute approximate surface area is 121 Å². The number of sulfone groups is 1. The Morgan fingerprint density at radius 3 is 2.58 bits per heavy atom. The molecule has 1 unspecified atom stereocenters. The van der Waals surface area contributed by atoms with Crippen LogP contribution in [0.5, 0.6) is 0 Å². The van der Waals surface area contributed by atoms with E-state index in [0.29, 0.717) is 23.5 Å². The summed E-state index contributed by atoms with van der Waals surface area (Å²) >= 11 is 6.05. The molecule has 0 heterocycles. The molecule has 0 fully saturated rings. The van der Waals surface area contributed by atoms with Crippen molar-refractivity contribution in [1.82, 2.24) is 0 Å². The first-order valence-corrected chi connectivity index (χ1v) is 8.79. The van der Waals surface area contributed by atoms with Crippen LogP contribution in [0, 0.1) is 0 Å². The quantitative estimate of drug-likeness (QED) is 0.745. The molecule has 19 heavy (non-hydrogen) atoms. The van der Waals surface area contributed by atoms with Gasteiger partial charge in [0.25, 0.3) is 0 Å². The highest BCUT2D eigenvalue weighted by Gasteiger charge is 2.17. The van der Waals surface area contributed by atoms with Crippen LogP contribution in [0.2, 0.25) is 0 Å². The van der Waals surface area contributed by atoms with Gasteiger partial charge < -0.3 is 5.32 Å². The maximum absolute atomic E-state index is 12.1. The molecule has 1 N–H and O–H groups in total. The molecule has 0 radical (unpaired) electrons. The van der Waals surface area contributed by atoms with Crippen molar-refractivity contribution in [2.24, 2.45) is 0 Å². The minimum Gasteiger partial charge on any atom is -0.384 e. The minimum absolute atomic E-state index is 0.131. The lowest BCUT2D eigenvalue weighted by molar-refractivity contribution is 0.595. The predicted molar refractivity (Wildman–Crippen MR) is 81.8 cm³/mol. The van der Waals surface area contributed by atoms with Crippen LogP contribution in [0.4, 0.5) is 5.69 Å². The Balaban J connectivity index is 2.79. The van der Waals surface area contributed by atoms with E-state index in [0.717, 1.165) is 12.8 Å². The first-order valence-electron chi connectivity index (χ1n) is 6.71. The third kappa shape index (κ3) is 5.03. The largest absolute Gasteiger partial charge is 0.384 e. The highest BCUT2D eigenvalue weighted by molar-refractivity contribution is 7.91. The fourth-order valence-electron chi connectivity index (χ4n) is 1.83. The maximum atomic E-state index is 12.1.